The number of benzene rings is 1. The maximum absolute atomic E-state index is 10.7. The molecule has 0 aliphatic rings. The summed E-state index contributed by atoms with van der Waals surface area (Å²) in [4.78, 5) is 10.7. The van der Waals surface area contributed by atoms with Crippen molar-refractivity contribution >= 4 is 5.97 Å². The van der Waals surface area contributed by atoms with Gasteiger partial charge in [-0.25, -0.2) is 4.79 Å². The zero-order valence-corrected chi connectivity index (χ0v) is 11.0. The Hall–Kier alpha value is -1.39. The molecule has 0 fully saturated rings. The molecule has 0 radical (unpaired) electrons. The van der Waals surface area contributed by atoms with Gasteiger partial charge >= 0.3 is 5.97 Å². The summed E-state index contributed by atoms with van der Waals surface area (Å²) in [6.07, 6.45) is 0.978. The van der Waals surface area contributed by atoms with Crippen LogP contribution in [-0.2, 0) is 11.3 Å². The van der Waals surface area contributed by atoms with Crippen LogP contribution >= 0.6 is 0 Å². The van der Waals surface area contributed by atoms with E-state index in [1.54, 1.807) is 24.3 Å². The van der Waals surface area contributed by atoms with Crippen LogP contribution in [0.2, 0.25) is 0 Å². The Bertz CT molecular complexity index is 360. The molecule has 1 aromatic carbocycles. The van der Waals surface area contributed by atoms with Crippen LogP contribution in [0.5, 0.6) is 0 Å². The number of carboxylic acids is 1. The molecule has 0 saturated carbocycles. The third-order valence-electron chi connectivity index (χ3n) is 2.49. The third kappa shape index (κ3) is 5.80. The Kier molecular flexibility index (Phi) is 6.39. The number of ether oxygens (including phenoxy) is 1. The standard InChI is InChI=1S/C14H21NO3/c1-11(2)15-8-3-9-18-10-12-4-6-13(7-5-12)14(16)17/h4-7,11,15H,3,8-10H2,1-2H3,(H,16,17). The highest BCUT2D eigenvalue weighted by atomic mass is 16.5. The molecule has 0 amide bonds. The third-order valence-corrected chi connectivity index (χ3v) is 2.49. The molecular weight excluding hydrogens is 230 g/mol. The van der Waals surface area contributed by atoms with Crippen LogP contribution in [0.15, 0.2) is 24.3 Å². The van der Waals surface area contributed by atoms with Gasteiger partial charge in [-0.05, 0) is 30.7 Å². The number of nitrogens with one attached hydrogen (secondary N) is 1. The molecule has 1 rings (SSSR count). The summed E-state index contributed by atoms with van der Waals surface area (Å²) in [5.41, 5.74) is 1.30. The minimum atomic E-state index is -0.901. The van der Waals surface area contributed by atoms with Gasteiger partial charge in [-0.1, -0.05) is 26.0 Å². The minimum absolute atomic E-state index is 0.305. The molecule has 0 aromatic heterocycles. The Balaban J connectivity index is 2.17. The van der Waals surface area contributed by atoms with E-state index in [4.69, 9.17) is 9.84 Å². The molecule has 0 aliphatic heterocycles. The Morgan fingerprint density at radius 2 is 2.00 bits per heavy atom. The normalized spacial score (nSPS) is 10.8. The molecule has 0 aliphatic carbocycles. The first-order valence-corrected chi connectivity index (χ1v) is 6.23. The first kappa shape index (κ1) is 14.7. The second-order valence-corrected chi connectivity index (χ2v) is 4.52. The average Bonchev–Trinajstić information content (AvgIpc) is 2.34. The summed E-state index contributed by atoms with van der Waals surface area (Å²) in [6, 6.07) is 7.28. The topological polar surface area (TPSA) is 58.6 Å². The van der Waals surface area contributed by atoms with Gasteiger partial charge in [0.05, 0.1) is 12.2 Å². The average molecular weight is 251 g/mol. The molecule has 18 heavy (non-hydrogen) atoms. The lowest BCUT2D eigenvalue weighted by Crippen LogP contribution is -2.24. The van der Waals surface area contributed by atoms with E-state index in [1.165, 1.54) is 0 Å². The number of hydrogen-bond acceptors (Lipinski definition) is 3. The molecule has 2 N–H and O–H groups in total. The van der Waals surface area contributed by atoms with Crippen LogP contribution in [0.4, 0.5) is 0 Å². The molecule has 0 bridgehead atoms. The van der Waals surface area contributed by atoms with Crippen molar-refractivity contribution in [3.8, 4) is 0 Å². The highest BCUT2D eigenvalue weighted by molar-refractivity contribution is 5.87. The highest BCUT2D eigenvalue weighted by Crippen LogP contribution is 2.05. The van der Waals surface area contributed by atoms with Crippen LogP contribution < -0.4 is 5.32 Å². The Morgan fingerprint density at radius 1 is 1.33 bits per heavy atom. The van der Waals surface area contributed by atoms with Crippen LogP contribution in [0, 0.1) is 0 Å². The SMILES string of the molecule is CC(C)NCCCOCc1ccc(C(=O)O)cc1. The van der Waals surface area contributed by atoms with Crippen LogP contribution in [-0.4, -0.2) is 30.3 Å². The second-order valence-electron chi connectivity index (χ2n) is 4.52. The smallest absolute Gasteiger partial charge is 0.335 e. The van der Waals surface area contributed by atoms with Crippen LogP contribution in [0.3, 0.4) is 0 Å². The number of carbonyl (C=O) groups is 1. The van der Waals surface area contributed by atoms with E-state index in [9.17, 15) is 4.79 Å². The van der Waals surface area contributed by atoms with Crippen molar-refractivity contribution in [3.05, 3.63) is 35.4 Å². The second kappa shape index (κ2) is 7.84. The molecule has 0 unspecified atom stereocenters. The number of aromatic carboxylic acids is 1. The van der Waals surface area contributed by atoms with Crippen molar-refractivity contribution < 1.29 is 14.6 Å². The van der Waals surface area contributed by atoms with Gasteiger partial charge in [-0.3, -0.25) is 0 Å². The van der Waals surface area contributed by atoms with E-state index >= 15 is 0 Å². The van der Waals surface area contributed by atoms with E-state index in [0.717, 1.165) is 18.5 Å². The maximum Gasteiger partial charge on any atom is 0.335 e. The molecule has 0 atom stereocenters. The molecular formula is C14H21NO3. The zero-order chi connectivity index (χ0) is 13.4. The van der Waals surface area contributed by atoms with Crippen molar-refractivity contribution in [2.45, 2.75) is 32.9 Å². The van der Waals surface area contributed by atoms with E-state index < -0.39 is 5.97 Å². The van der Waals surface area contributed by atoms with E-state index in [1.807, 2.05) is 0 Å². The lowest BCUT2D eigenvalue weighted by atomic mass is 10.1. The largest absolute Gasteiger partial charge is 0.478 e. The fraction of sp³-hybridized carbons (Fsp3) is 0.500. The molecule has 0 heterocycles. The van der Waals surface area contributed by atoms with Gasteiger partial charge in [-0.15, -0.1) is 0 Å². The van der Waals surface area contributed by atoms with Crippen molar-refractivity contribution in [3.63, 3.8) is 0 Å². The fourth-order valence-corrected chi connectivity index (χ4v) is 1.50. The first-order chi connectivity index (χ1) is 8.59. The molecule has 100 valence electrons. The van der Waals surface area contributed by atoms with Crippen LogP contribution in [0.1, 0.15) is 36.2 Å². The Morgan fingerprint density at radius 3 is 2.56 bits per heavy atom. The number of rotatable bonds is 8. The van der Waals surface area contributed by atoms with Crippen molar-refractivity contribution in [1.29, 1.82) is 0 Å². The van der Waals surface area contributed by atoms with Gasteiger partial charge in [0.25, 0.3) is 0 Å². The van der Waals surface area contributed by atoms with Crippen LogP contribution in [0.25, 0.3) is 0 Å². The summed E-state index contributed by atoms with van der Waals surface area (Å²) in [6.45, 7) is 6.42. The monoisotopic (exact) mass is 251 g/mol. The molecule has 1 aromatic rings. The maximum atomic E-state index is 10.7. The summed E-state index contributed by atoms with van der Waals surface area (Å²) in [7, 11) is 0. The Labute approximate surface area is 108 Å². The lowest BCUT2D eigenvalue weighted by Gasteiger charge is -2.08. The lowest BCUT2D eigenvalue weighted by molar-refractivity contribution is 0.0696. The predicted molar refractivity (Wildman–Crippen MR) is 70.8 cm³/mol. The zero-order valence-electron chi connectivity index (χ0n) is 11.0. The summed E-state index contributed by atoms with van der Waals surface area (Å²) < 4.78 is 5.51. The first-order valence-electron chi connectivity index (χ1n) is 6.23. The number of hydrogen-bond donors (Lipinski definition) is 2. The van der Waals surface area contributed by atoms with Gasteiger partial charge in [0.2, 0.25) is 0 Å². The summed E-state index contributed by atoms with van der Waals surface area (Å²) in [5, 5.41) is 12.1. The van der Waals surface area contributed by atoms with E-state index in [2.05, 4.69) is 19.2 Å². The van der Waals surface area contributed by atoms with Gasteiger partial charge in [-0.2, -0.15) is 0 Å². The van der Waals surface area contributed by atoms with Gasteiger partial charge < -0.3 is 15.2 Å². The molecule has 0 saturated heterocycles. The summed E-state index contributed by atoms with van der Waals surface area (Å²) >= 11 is 0. The summed E-state index contributed by atoms with van der Waals surface area (Å²) in [5.74, 6) is -0.901. The van der Waals surface area contributed by atoms with Crippen molar-refractivity contribution in [2.24, 2.45) is 0 Å². The van der Waals surface area contributed by atoms with E-state index in [-0.39, 0.29) is 0 Å². The van der Waals surface area contributed by atoms with E-state index in [0.29, 0.717) is 24.8 Å². The number of carboxylic acid groups (broad SMARTS) is 1. The molecule has 4 heteroatoms. The minimum Gasteiger partial charge on any atom is -0.478 e. The molecule has 4 nitrogen and oxygen atoms in total. The van der Waals surface area contributed by atoms with Gasteiger partial charge in [0.15, 0.2) is 0 Å². The fourth-order valence-electron chi connectivity index (χ4n) is 1.50. The van der Waals surface area contributed by atoms with Gasteiger partial charge in [0, 0.05) is 12.6 Å². The predicted octanol–water partition coefficient (Wildman–Crippen LogP) is 2.29. The van der Waals surface area contributed by atoms with Gasteiger partial charge in [0.1, 0.15) is 0 Å². The molecule has 0 spiro atoms. The van der Waals surface area contributed by atoms with Crippen molar-refractivity contribution in [1.82, 2.24) is 5.32 Å². The van der Waals surface area contributed by atoms with Crippen molar-refractivity contribution in [2.75, 3.05) is 13.2 Å². The highest BCUT2D eigenvalue weighted by Gasteiger charge is 2.01. The quantitative estimate of drug-likeness (QED) is 0.696.